The Hall–Kier alpha value is -2.69. The van der Waals surface area contributed by atoms with Crippen LogP contribution in [-0.2, 0) is 50.3 Å². The van der Waals surface area contributed by atoms with Gasteiger partial charge in [0.1, 0.15) is 5.75 Å². The van der Waals surface area contributed by atoms with Crippen LogP contribution in [0.1, 0.15) is 53.3 Å². The monoisotopic (exact) mass is 653 g/mol. The minimum Gasteiger partial charge on any atom is -0.652 e. The molecule has 3 aromatic carbocycles. The van der Waals surface area contributed by atoms with Crippen molar-refractivity contribution in [3.63, 3.8) is 0 Å². The molecule has 1 atom stereocenters. The fourth-order valence-electron chi connectivity index (χ4n) is 4.72. The third-order valence-electron chi connectivity index (χ3n) is 6.72. The van der Waals surface area contributed by atoms with Crippen molar-refractivity contribution < 1.29 is 61.7 Å². The van der Waals surface area contributed by atoms with Crippen LogP contribution in [0.15, 0.2) is 48.5 Å². The number of methoxy groups -OCH3 is 2. The van der Waals surface area contributed by atoms with Crippen molar-refractivity contribution >= 4 is 11.8 Å². The molecular formula is C32H42N3O6Y-. The molecule has 1 unspecified atom stereocenters. The molecule has 3 N–H and O–H groups in total. The number of amides is 1. The maximum Gasteiger partial charge on any atom is 0.411 e. The van der Waals surface area contributed by atoms with Crippen LogP contribution in [-0.4, -0.2) is 51.8 Å². The van der Waals surface area contributed by atoms with Gasteiger partial charge in [-0.2, -0.15) is 0 Å². The fraction of sp³-hybridized carbons (Fsp3) is 0.406. The predicted octanol–water partition coefficient (Wildman–Crippen LogP) is 6.51. The number of nitrogens with one attached hydrogen (secondary N) is 2. The van der Waals surface area contributed by atoms with Gasteiger partial charge in [-0.15, -0.1) is 6.54 Å². The van der Waals surface area contributed by atoms with Gasteiger partial charge in [-0.25, -0.2) is 10.3 Å². The quantitative estimate of drug-likeness (QED) is 0.214. The van der Waals surface area contributed by atoms with E-state index >= 15 is 0 Å². The van der Waals surface area contributed by atoms with Gasteiger partial charge in [0.25, 0.3) is 0 Å². The Bertz CT molecular complexity index is 1300. The zero-order valence-corrected chi connectivity index (χ0v) is 28.3. The smallest absolute Gasteiger partial charge is 0.411 e. The first-order valence-electron chi connectivity index (χ1n) is 13.9. The number of fused-ring (bicyclic) bond motifs is 1. The summed E-state index contributed by atoms with van der Waals surface area (Å²) in [5.74, 6) is 2.00. The molecule has 225 valence electrons. The number of ether oxygens (including phenoxy) is 4. The van der Waals surface area contributed by atoms with Crippen LogP contribution in [0.3, 0.4) is 0 Å². The van der Waals surface area contributed by atoms with Gasteiger partial charge < -0.3 is 29.5 Å². The van der Waals surface area contributed by atoms with E-state index in [2.05, 4.69) is 49.5 Å². The van der Waals surface area contributed by atoms with Gasteiger partial charge >= 0.3 is 6.09 Å². The second kappa shape index (κ2) is 18.1. The van der Waals surface area contributed by atoms with E-state index in [-0.39, 0.29) is 38.8 Å². The molecule has 3 aromatic rings. The largest absolute Gasteiger partial charge is 0.652 e. The van der Waals surface area contributed by atoms with Crippen LogP contribution in [0.4, 0.5) is 10.5 Å². The third kappa shape index (κ3) is 9.68. The Labute approximate surface area is 274 Å². The van der Waals surface area contributed by atoms with Gasteiger partial charge in [-0.1, -0.05) is 53.9 Å². The molecule has 1 radical (unpaired) electrons. The van der Waals surface area contributed by atoms with E-state index in [4.69, 9.17) is 29.5 Å². The summed E-state index contributed by atoms with van der Waals surface area (Å²) in [6, 6.07) is 16.4. The molecule has 10 heteroatoms. The van der Waals surface area contributed by atoms with E-state index < -0.39 is 6.09 Å². The number of nitrogens with zero attached hydrogens (tertiary/aromatic N) is 1. The van der Waals surface area contributed by atoms with Gasteiger partial charge in [0.05, 0.1) is 33.1 Å². The van der Waals surface area contributed by atoms with Gasteiger partial charge in [0.2, 0.25) is 0 Å². The maximum atomic E-state index is 11.8. The zero-order valence-electron chi connectivity index (χ0n) is 25.5. The number of anilines is 1. The number of rotatable bonds is 10. The second-order valence-corrected chi connectivity index (χ2v) is 9.61. The number of carbonyl (C=O) groups excluding carboxylic acids is 1. The third-order valence-corrected chi connectivity index (χ3v) is 6.72. The van der Waals surface area contributed by atoms with E-state index in [1.807, 2.05) is 24.5 Å². The Morgan fingerprint density at radius 2 is 1.71 bits per heavy atom. The molecule has 1 aliphatic heterocycles. The van der Waals surface area contributed by atoms with Gasteiger partial charge in [-0.3, -0.25) is 5.32 Å². The summed E-state index contributed by atoms with van der Waals surface area (Å²) in [5.41, 5.74) is 9.65. The predicted molar refractivity (Wildman–Crippen MR) is 161 cm³/mol. The van der Waals surface area contributed by atoms with Gasteiger partial charge in [0, 0.05) is 45.7 Å². The van der Waals surface area contributed by atoms with Gasteiger partial charge in [-0.05, 0) is 68.1 Å². The molecule has 42 heavy (non-hydrogen) atoms. The Balaban J connectivity index is 0.00000116. The molecule has 9 nitrogen and oxygen atoms in total. The summed E-state index contributed by atoms with van der Waals surface area (Å²) in [4.78, 5) is 11.8. The fourth-order valence-corrected chi connectivity index (χ4v) is 4.72. The van der Waals surface area contributed by atoms with Crippen molar-refractivity contribution in [2.24, 2.45) is 0 Å². The van der Waals surface area contributed by atoms with Crippen molar-refractivity contribution in [3.05, 3.63) is 87.2 Å². The molecule has 0 aromatic heterocycles. The Morgan fingerprint density at radius 1 is 0.976 bits per heavy atom. The van der Waals surface area contributed by atoms with Crippen LogP contribution >= 0.6 is 0 Å². The summed E-state index contributed by atoms with van der Waals surface area (Å²) < 4.78 is 22.3. The molecule has 1 amide bonds. The Kier molecular flexibility index (Phi) is 15.3. The van der Waals surface area contributed by atoms with Crippen molar-refractivity contribution in [2.45, 2.75) is 46.6 Å². The normalized spacial score (nSPS) is 13.5. The molecule has 1 heterocycles. The first-order valence-corrected chi connectivity index (χ1v) is 13.9. The van der Waals surface area contributed by atoms with E-state index in [1.54, 1.807) is 27.2 Å². The molecule has 1 aliphatic rings. The standard InChI is InChI=1S/C30H35N2O5.C2H7NO.Y/c1-6-36-30(33)32-25-10-8-21(16-26(25)34-4)12-14-37-28-18-24-22(17-27(28)35-5)11-13-31-29(24)23-9-7-19(2)15-20(23)3;1-2-3-4;/h7-10,15-18,29H,6,11-14H2,1-5H3,(H,32,33);3-4H,2H2,1H3;/q-1;;. The van der Waals surface area contributed by atoms with Crippen LogP contribution < -0.4 is 25.0 Å². The maximum absolute atomic E-state index is 11.8. The zero-order chi connectivity index (χ0) is 29.8. The first kappa shape index (κ1) is 35.5. The van der Waals surface area contributed by atoms with E-state index in [9.17, 15) is 4.79 Å². The molecule has 4 rings (SSSR count). The summed E-state index contributed by atoms with van der Waals surface area (Å²) >= 11 is 0. The summed E-state index contributed by atoms with van der Waals surface area (Å²) in [6.07, 6.45) is 1.03. The van der Waals surface area contributed by atoms with Crippen molar-refractivity contribution in [1.29, 1.82) is 0 Å². The number of hydrogen-bond acceptors (Lipinski definition) is 7. The number of hydroxylamine groups is 1. The molecule has 0 spiro atoms. The number of hydrogen-bond donors (Lipinski definition) is 3. The van der Waals surface area contributed by atoms with Crippen molar-refractivity contribution in [1.82, 2.24) is 5.48 Å². The summed E-state index contributed by atoms with van der Waals surface area (Å²) in [5, 5.41) is 15.3. The molecular weight excluding hydrogens is 611 g/mol. The van der Waals surface area contributed by atoms with E-state index in [1.165, 1.54) is 27.8 Å². The van der Waals surface area contributed by atoms with Crippen molar-refractivity contribution in [3.8, 4) is 17.2 Å². The minimum atomic E-state index is -0.512. The van der Waals surface area contributed by atoms with Crippen LogP contribution in [0.25, 0.3) is 5.32 Å². The molecule has 0 saturated carbocycles. The van der Waals surface area contributed by atoms with Crippen LogP contribution in [0, 0.1) is 13.8 Å². The molecule has 0 saturated heterocycles. The number of benzene rings is 3. The topological polar surface area (TPSA) is 112 Å². The first-order chi connectivity index (χ1) is 19.8. The Morgan fingerprint density at radius 3 is 2.36 bits per heavy atom. The number of carbonyl (C=O) groups is 1. The van der Waals surface area contributed by atoms with E-state index in [0.717, 1.165) is 24.3 Å². The average molecular weight is 654 g/mol. The second-order valence-electron chi connectivity index (χ2n) is 9.61. The SMILES string of the molecule is CCNO.CCOC(=O)Nc1ccc(CCOc2cc3c(cc2OC)CC[N-]C3c2ccc(C)cc2C)cc1OC.[Y]. The van der Waals surface area contributed by atoms with E-state index in [0.29, 0.717) is 43.4 Å². The van der Waals surface area contributed by atoms with Crippen LogP contribution in [0.5, 0.6) is 17.2 Å². The number of aryl methyl sites for hydroxylation is 2. The average Bonchev–Trinajstić information content (AvgIpc) is 2.97. The van der Waals surface area contributed by atoms with Crippen LogP contribution in [0.2, 0.25) is 0 Å². The minimum absolute atomic E-state index is 0. The molecule has 0 fully saturated rings. The van der Waals surface area contributed by atoms with Crippen molar-refractivity contribution in [2.75, 3.05) is 45.8 Å². The summed E-state index contributed by atoms with van der Waals surface area (Å²) in [7, 11) is 3.24. The summed E-state index contributed by atoms with van der Waals surface area (Å²) in [6.45, 7) is 10.0. The molecule has 0 bridgehead atoms. The van der Waals surface area contributed by atoms with Gasteiger partial charge in [0.15, 0.2) is 11.5 Å². The molecule has 0 aliphatic carbocycles.